The average molecular weight is 370 g/mol. The zero-order valence-corrected chi connectivity index (χ0v) is 16.6. The van der Waals surface area contributed by atoms with Gasteiger partial charge in [-0.15, -0.1) is 0 Å². The first-order valence-electron chi connectivity index (χ1n) is 10.1. The van der Waals surface area contributed by atoms with Crippen molar-refractivity contribution in [2.75, 3.05) is 19.6 Å². The van der Waals surface area contributed by atoms with E-state index in [0.29, 0.717) is 19.3 Å². The van der Waals surface area contributed by atoms with Gasteiger partial charge >= 0.3 is 0 Å². The number of hydrogen-bond donors (Lipinski definition) is 1. The number of nitrogens with zero attached hydrogens (tertiary/aromatic N) is 3. The smallest absolute Gasteiger partial charge is 0.223 e. The highest BCUT2D eigenvalue weighted by Crippen LogP contribution is 2.32. The molecule has 2 heterocycles. The van der Waals surface area contributed by atoms with Crippen LogP contribution in [0, 0.1) is 6.92 Å². The number of imidazole rings is 1. The van der Waals surface area contributed by atoms with Crippen molar-refractivity contribution in [1.29, 1.82) is 0 Å². The molecule has 1 unspecified atom stereocenters. The van der Waals surface area contributed by atoms with Crippen LogP contribution in [0.5, 0.6) is 0 Å². The molecule has 0 saturated carbocycles. The van der Waals surface area contributed by atoms with Crippen LogP contribution in [0.4, 0.5) is 0 Å². The van der Waals surface area contributed by atoms with Gasteiger partial charge in [0, 0.05) is 32.5 Å². The van der Waals surface area contributed by atoms with E-state index in [2.05, 4.69) is 24.0 Å². The van der Waals surface area contributed by atoms with Crippen LogP contribution in [0.2, 0.25) is 0 Å². The van der Waals surface area contributed by atoms with E-state index in [1.165, 1.54) is 5.56 Å². The number of rotatable bonds is 7. The van der Waals surface area contributed by atoms with E-state index in [-0.39, 0.29) is 17.9 Å². The third-order valence-electron chi connectivity index (χ3n) is 5.44. The maximum atomic E-state index is 12.7. The number of aromatic amines is 1. The first-order chi connectivity index (χ1) is 13.0. The maximum Gasteiger partial charge on any atom is 0.223 e. The molecule has 1 atom stereocenters. The van der Waals surface area contributed by atoms with Gasteiger partial charge < -0.3 is 14.8 Å². The van der Waals surface area contributed by atoms with Crippen LogP contribution < -0.4 is 0 Å². The third kappa shape index (κ3) is 4.31. The highest BCUT2D eigenvalue weighted by molar-refractivity contribution is 5.80. The van der Waals surface area contributed by atoms with Gasteiger partial charge in [0.05, 0.1) is 17.1 Å². The molecule has 1 aliphatic rings. The SMILES string of the molecule is CCN(CC)C(=O)CCCC(=O)N1CCCC1c1nc2ccc(C)cc2[nH]1. The summed E-state index contributed by atoms with van der Waals surface area (Å²) in [5.41, 5.74) is 3.16. The molecule has 146 valence electrons. The Labute approximate surface area is 160 Å². The zero-order valence-electron chi connectivity index (χ0n) is 16.6. The summed E-state index contributed by atoms with van der Waals surface area (Å²) in [6.07, 6.45) is 3.39. The lowest BCUT2D eigenvalue weighted by Gasteiger charge is -2.23. The minimum Gasteiger partial charge on any atom is -0.343 e. The lowest BCUT2D eigenvalue weighted by molar-refractivity contribution is -0.133. The summed E-state index contributed by atoms with van der Waals surface area (Å²) < 4.78 is 0. The monoisotopic (exact) mass is 370 g/mol. The number of nitrogens with one attached hydrogen (secondary N) is 1. The first-order valence-corrected chi connectivity index (χ1v) is 10.1. The van der Waals surface area contributed by atoms with Crippen LogP contribution in [0.15, 0.2) is 18.2 Å². The summed E-state index contributed by atoms with van der Waals surface area (Å²) in [4.78, 5) is 36.7. The van der Waals surface area contributed by atoms with Gasteiger partial charge in [-0.2, -0.15) is 0 Å². The fraction of sp³-hybridized carbons (Fsp3) is 0.571. The predicted octanol–water partition coefficient (Wildman–Crippen LogP) is 3.57. The van der Waals surface area contributed by atoms with Crippen molar-refractivity contribution in [2.24, 2.45) is 0 Å². The van der Waals surface area contributed by atoms with Crippen LogP contribution in [-0.2, 0) is 9.59 Å². The van der Waals surface area contributed by atoms with Crippen LogP contribution in [0.25, 0.3) is 11.0 Å². The van der Waals surface area contributed by atoms with Crippen molar-refractivity contribution >= 4 is 22.8 Å². The molecule has 3 rings (SSSR count). The van der Waals surface area contributed by atoms with Crippen molar-refractivity contribution in [3.05, 3.63) is 29.6 Å². The first kappa shape index (κ1) is 19.4. The number of benzene rings is 1. The molecule has 1 saturated heterocycles. The highest BCUT2D eigenvalue weighted by Gasteiger charge is 2.31. The Bertz CT molecular complexity index is 810. The second-order valence-corrected chi connectivity index (χ2v) is 7.31. The van der Waals surface area contributed by atoms with E-state index < -0.39 is 0 Å². The number of carbonyl (C=O) groups is 2. The average Bonchev–Trinajstić information content (AvgIpc) is 3.28. The molecule has 0 aliphatic carbocycles. The number of hydrogen-bond acceptors (Lipinski definition) is 3. The van der Waals surface area contributed by atoms with Crippen molar-refractivity contribution in [3.8, 4) is 0 Å². The number of fused-ring (bicyclic) bond motifs is 1. The molecule has 1 fully saturated rings. The van der Waals surface area contributed by atoms with Crippen LogP contribution in [0.1, 0.15) is 63.4 Å². The fourth-order valence-corrected chi connectivity index (χ4v) is 3.92. The molecule has 27 heavy (non-hydrogen) atoms. The normalized spacial score (nSPS) is 16.9. The van der Waals surface area contributed by atoms with Gasteiger partial charge in [-0.25, -0.2) is 4.98 Å². The molecule has 6 nitrogen and oxygen atoms in total. The van der Waals surface area contributed by atoms with E-state index in [1.807, 2.05) is 29.7 Å². The fourth-order valence-electron chi connectivity index (χ4n) is 3.92. The van der Waals surface area contributed by atoms with Crippen molar-refractivity contribution in [2.45, 2.75) is 58.9 Å². The molecule has 1 N–H and O–H groups in total. The minimum absolute atomic E-state index is 0.0173. The molecule has 0 bridgehead atoms. The summed E-state index contributed by atoms with van der Waals surface area (Å²) in [6, 6.07) is 6.18. The Morgan fingerprint density at radius 1 is 1.26 bits per heavy atom. The van der Waals surface area contributed by atoms with Crippen LogP contribution in [-0.4, -0.2) is 51.2 Å². The number of likely N-dealkylation sites (tertiary alicyclic amines) is 1. The van der Waals surface area contributed by atoms with Crippen molar-refractivity contribution in [3.63, 3.8) is 0 Å². The van der Waals surface area contributed by atoms with Gasteiger partial charge in [0.25, 0.3) is 0 Å². The Balaban J connectivity index is 1.61. The summed E-state index contributed by atoms with van der Waals surface area (Å²) in [7, 11) is 0. The van der Waals surface area contributed by atoms with Crippen LogP contribution in [0.3, 0.4) is 0 Å². The standard InChI is InChI=1S/C21H30N4O2/c1-4-24(5-2)19(26)9-6-10-20(27)25-13-7-8-18(25)21-22-16-12-11-15(3)14-17(16)23-21/h11-12,14,18H,4-10,13H2,1-3H3,(H,22,23). The largest absolute Gasteiger partial charge is 0.343 e. The molecule has 1 aliphatic heterocycles. The quantitative estimate of drug-likeness (QED) is 0.810. The second-order valence-electron chi connectivity index (χ2n) is 7.31. The molecule has 6 heteroatoms. The number of carbonyl (C=O) groups excluding carboxylic acids is 2. The van der Waals surface area contributed by atoms with Crippen molar-refractivity contribution < 1.29 is 9.59 Å². The van der Waals surface area contributed by atoms with E-state index in [4.69, 9.17) is 4.98 Å². The molecule has 0 spiro atoms. The van der Waals surface area contributed by atoms with Gasteiger partial charge in [-0.05, 0) is 57.7 Å². The molecule has 2 amide bonds. The minimum atomic E-state index is 0.0173. The Morgan fingerprint density at radius 3 is 2.78 bits per heavy atom. The summed E-state index contributed by atoms with van der Waals surface area (Å²) in [5.74, 6) is 1.14. The van der Waals surface area contributed by atoms with Gasteiger partial charge in [-0.3, -0.25) is 9.59 Å². The summed E-state index contributed by atoms with van der Waals surface area (Å²) in [5, 5.41) is 0. The van der Waals surface area contributed by atoms with Gasteiger partial charge in [-0.1, -0.05) is 6.07 Å². The Morgan fingerprint density at radius 2 is 2.04 bits per heavy atom. The molecular weight excluding hydrogens is 340 g/mol. The maximum absolute atomic E-state index is 12.7. The topological polar surface area (TPSA) is 69.3 Å². The van der Waals surface area contributed by atoms with E-state index >= 15 is 0 Å². The highest BCUT2D eigenvalue weighted by atomic mass is 16.2. The van der Waals surface area contributed by atoms with Crippen molar-refractivity contribution in [1.82, 2.24) is 19.8 Å². The predicted molar refractivity (Wildman–Crippen MR) is 106 cm³/mol. The second kappa shape index (κ2) is 8.55. The number of aromatic nitrogens is 2. The van der Waals surface area contributed by atoms with Gasteiger partial charge in [0.1, 0.15) is 5.82 Å². The summed E-state index contributed by atoms with van der Waals surface area (Å²) in [6.45, 7) is 8.24. The molecule has 1 aromatic heterocycles. The van der Waals surface area contributed by atoms with E-state index in [0.717, 1.165) is 49.3 Å². The van der Waals surface area contributed by atoms with E-state index in [9.17, 15) is 9.59 Å². The van der Waals surface area contributed by atoms with E-state index in [1.54, 1.807) is 0 Å². The van der Waals surface area contributed by atoms with Crippen LogP contribution >= 0.6 is 0 Å². The molecule has 2 aromatic rings. The van der Waals surface area contributed by atoms with Gasteiger partial charge in [0.15, 0.2) is 0 Å². The summed E-state index contributed by atoms with van der Waals surface area (Å²) >= 11 is 0. The zero-order chi connectivity index (χ0) is 19.4. The third-order valence-corrected chi connectivity index (χ3v) is 5.44. The number of aryl methyl sites for hydroxylation is 1. The number of H-pyrrole nitrogens is 1. The molecular formula is C21H30N4O2. The lowest BCUT2D eigenvalue weighted by atomic mass is 10.1. The molecule has 0 radical (unpaired) electrons. The molecule has 1 aromatic carbocycles. The lowest BCUT2D eigenvalue weighted by Crippen LogP contribution is -2.32. The number of amides is 2. The Hall–Kier alpha value is -2.37. The van der Waals surface area contributed by atoms with Gasteiger partial charge in [0.2, 0.25) is 11.8 Å². The Kier molecular flexibility index (Phi) is 6.14.